The Morgan fingerprint density at radius 1 is 1.07 bits per heavy atom. The molecule has 0 bridgehead atoms. The number of hydrogen-bond donors (Lipinski definition) is 0. The van der Waals surface area contributed by atoms with Gasteiger partial charge in [-0.15, -0.1) is 0 Å². The fourth-order valence-corrected chi connectivity index (χ4v) is 5.05. The van der Waals surface area contributed by atoms with Crippen molar-refractivity contribution >= 4 is 34.6 Å². The molecule has 5 heteroatoms. The lowest BCUT2D eigenvalue weighted by Gasteiger charge is -2.30. The molecule has 4 rings (SSSR count). The highest BCUT2D eigenvalue weighted by molar-refractivity contribution is 8.18. The molecule has 2 fully saturated rings. The van der Waals surface area contributed by atoms with Crippen LogP contribution in [0.1, 0.15) is 50.2 Å². The maximum Gasteiger partial charge on any atom is 0.267 e. The lowest BCUT2D eigenvalue weighted by molar-refractivity contribution is -0.124. The Kier molecular flexibility index (Phi) is 6.58. The van der Waals surface area contributed by atoms with E-state index in [4.69, 9.17) is 9.73 Å². The molecular formula is C25H28N2O2S. The molecule has 0 N–H and O–H groups in total. The lowest BCUT2D eigenvalue weighted by Crippen LogP contribution is -2.40. The molecule has 0 unspecified atom stereocenters. The van der Waals surface area contributed by atoms with Crippen LogP contribution in [0.3, 0.4) is 0 Å². The normalized spacial score (nSPS) is 20.3. The number of rotatable bonds is 5. The Morgan fingerprint density at radius 3 is 2.40 bits per heavy atom. The first-order valence-corrected chi connectivity index (χ1v) is 11.5. The molecule has 0 aromatic heterocycles. The summed E-state index contributed by atoms with van der Waals surface area (Å²) in [7, 11) is 1.65. The van der Waals surface area contributed by atoms with Gasteiger partial charge in [0.2, 0.25) is 0 Å². The molecule has 1 saturated carbocycles. The van der Waals surface area contributed by atoms with Crippen molar-refractivity contribution < 1.29 is 9.53 Å². The molecule has 156 valence electrons. The SMILES string of the molecule is CCc1ccc(N=C2S/C(=C/c3ccc(OC)cc3)C(=O)N2C2CCCCC2)cc1. The van der Waals surface area contributed by atoms with E-state index in [1.54, 1.807) is 7.11 Å². The summed E-state index contributed by atoms with van der Waals surface area (Å²) in [5, 5.41) is 0.802. The summed E-state index contributed by atoms with van der Waals surface area (Å²) >= 11 is 1.49. The summed E-state index contributed by atoms with van der Waals surface area (Å²) in [5.41, 5.74) is 3.18. The van der Waals surface area contributed by atoms with Gasteiger partial charge in [-0.05, 0) is 72.5 Å². The number of aliphatic imine (C=N–C) groups is 1. The van der Waals surface area contributed by atoms with Gasteiger partial charge in [-0.25, -0.2) is 4.99 Å². The maximum absolute atomic E-state index is 13.4. The smallest absolute Gasteiger partial charge is 0.267 e. The Morgan fingerprint density at radius 2 is 1.77 bits per heavy atom. The maximum atomic E-state index is 13.4. The van der Waals surface area contributed by atoms with E-state index in [0.717, 1.165) is 46.3 Å². The van der Waals surface area contributed by atoms with Crippen LogP contribution in [-0.2, 0) is 11.2 Å². The van der Waals surface area contributed by atoms with Crippen molar-refractivity contribution in [2.45, 2.75) is 51.5 Å². The van der Waals surface area contributed by atoms with E-state index < -0.39 is 0 Å². The molecule has 2 aliphatic rings. The number of aryl methyl sites for hydroxylation is 1. The standard InChI is InChI=1S/C25H28N2O2S/c1-3-18-9-13-20(14-10-18)26-25-27(21-7-5-4-6-8-21)24(28)23(30-25)17-19-11-15-22(29-2)16-12-19/h9-17,21H,3-8H2,1-2H3/b23-17+,26-25?. The fourth-order valence-electron chi connectivity index (χ4n) is 3.99. The van der Waals surface area contributed by atoms with E-state index in [-0.39, 0.29) is 11.9 Å². The van der Waals surface area contributed by atoms with E-state index >= 15 is 0 Å². The van der Waals surface area contributed by atoms with Gasteiger partial charge in [0.05, 0.1) is 17.7 Å². The fraction of sp³-hybridized carbons (Fsp3) is 0.360. The van der Waals surface area contributed by atoms with Crippen LogP contribution in [0.15, 0.2) is 58.4 Å². The van der Waals surface area contributed by atoms with Crippen molar-refractivity contribution in [2.24, 2.45) is 4.99 Å². The summed E-state index contributed by atoms with van der Waals surface area (Å²) in [5.74, 6) is 0.885. The molecule has 2 aromatic rings. The zero-order chi connectivity index (χ0) is 20.9. The molecule has 0 spiro atoms. The van der Waals surface area contributed by atoms with E-state index in [1.807, 2.05) is 47.4 Å². The van der Waals surface area contributed by atoms with E-state index in [2.05, 4.69) is 19.1 Å². The quantitative estimate of drug-likeness (QED) is 0.541. The number of amidine groups is 1. The number of ether oxygens (including phenoxy) is 1. The minimum absolute atomic E-state index is 0.0756. The Balaban J connectivity index is 1.65. The van der Waals surface area contributed by atoms with Crippen molar-refractivity contribution in [3.8, 4) is 5.75 Å². The van der Waals surface area contributed by atoms with Crippen molar-refractivity contribution in [3.63, 3.8) is 0 Å². The number of carbonyl (C=O) groups is 1. The van der Waals surface area contributed by atoms with E-state index in [1.165, 1.54) is 36.6 Å². The Labute approximate surface area is 183 Å². The Hall–Kier alpha value is -2.53. The highest BCUT2D eigenvalue weighted by Gasteiger charge is 2.38. The van der Waals surface area contributed by atoms with Gasteiger partial charge in [0.1, 0.15) is 5.75 Å². The number of hydrogen-bond acceptors (Lipinski definition) is 4. The molecule has 1 amide bonds. The van der Waals surface area contributed by atoms with Gasteiger partial charge in [0, 0.05) is 6.04 Å². The van der Waals surface area contributed by atoms with E-state index in [9.17, 15) is 4.79 Å². The van der Waals surface area contributed by atoms with E-state index in [0.29, 0.717) is 0 Å². The molecule has 2 aromatic carbocycles. The highest BCUT2D eigenvalue weighted by atomic mass is 32.2. The van der Waals surface area contributed by atoms with Gasteiger partial charge in [-0.2, -0.15) is 0 Å². The van der Waals surface area contributed by atoms with Crippen LogP contribution >= 0.6 is 11.8 Å². The molecule has 30 heavy (non-hydrogen) atoms. The molecule has 1 heterocycles. The number of amides is 1. The second kappa shape index (κ2) is 9.52. The van der Waals surface area contributed by atoms with Gasteiger partial charge in [0.15, 0.2) is 5.17 Å². The largest absolute Gasteiger partial charge is 0.497 e. The van der Waals surface area contributed by atoms with Crippen molar-refractivity contribution in [3.05, 3.63) is 64.6 Å². The third-order valence-electron chi connectivity index (χ3n) is 5.76. The van der Waals surface area contributed by atoms with Crippen LogP contribution in [0, 0.1) is 0 Å². The van der Waals surface area contributed by atoms with Gasteiger partial charge >= 0.3 is 0 Å². The second-order valence-corrected chi connectivity index (χ2v) is 8.77. The second-order valence-electron chi connectivity index (χ2n) is 7.77. The first-order chi connectivity index (χ1) is 14.7. The molecule has 0 atom stereocenters. The summed E-state index contributed by atoms with van der Waals surface area (Å²) < 4.78 is 5.24. The summed E-state index contributed by atoms with van der Waals surface area (Å²) in [6.45, 7) is 2.15. The third kappa shape index (κ3) is 4.62. The van der Waals surface area contributed by atoms with Gasteiger partial charge in [-0.1, -0.05) is 50.5 Å². The lowest BCUT2D eigenvalue weighted by atomic mass is 9.94. The van der Waals surface area contributed by atoms with Crippen LogP contribution in [0.4, 0.5) is 5.69 Å². The third-order valence-corrected chi connectivity index (χ3v) is 6.74. The first kappa shape index (κ1) is 20.7. The number of nitrogens with zero attached hydrogens (tertiary/aromatic N) is 2. The minimum Gasteiger partial charge on any atom is -0.497 e. The van der Waals surface area contributed by atoms with Gasteiger partial charge < -0.3 is 4.74 Å². The molecule has 1 aliphatic heterocycles. The average Bonchev–Trinajstić information content (AvgIpc) is 3.10. The first-order valence-electron chi connectivity index (χ1n) is 10.7. The predicted molar refractivity (Wildman–Crippen MR) is 125 cm³/mol. The van der Waals surface area contributed by atoms with Gasteiger partial charge in [-0.3, -0.25) is 9.69 Å². The molecule has 1 aliphatic carbocycles. The molecule has 0 radical (unpaired) electrons. The van der Waals surface area contributed by atoms with Crippen molar-refractivity contribution in [1.82, 2.24) is 4.90 Å². The predicted octanol–water partition coefficient (Wildman–Crippen LogP) is 6.19. The highest BCUT2D eigenvalue weighted by Crippen LogP contribution is 2.38. The van der Waals surface area contributed by atoms with Crippen LogP contribution < -0.4 is 4.74 Å². The van der Waals surface area contributed by atoms with Crippen molar-refractivity contribution in [1.29, 1.82) is 0 Å². The summed E-state index contributed by atoms with van der Waals surface area (Å²) in [4.78, 5) is 20.9. The summed E-state index contributed by atoms with van der Waals surface area (Å²) in [6, 6.07) is 16.3. The van der Waals surface area contributed by atoms with Crippen molar-refractivity contribution in [2.75, 3.05) is 7.11 Å². The number of benzene rings is 2. The number of carbonyl (C=O) groups excluding carboxylic acids is 1. The van der Waals surface area contributed by atoms with Gasteiger partial charge in [0.25, 0.3) is 5.91 Å². The number of thioether (sulfide) groups is 1. The zero-order valence-electron chi connectivity index (χ0n) is 17.6. The topological polar surface area (TPSA) is 41.9 Å². The molecule has 1 saturated heterocycles. The van der Waals surface area contributed by atoms with Crippen LogP contribution in [0.25, 0.3) is 6.08 Å². The number of methoxy groups -OCH3 is 1. The summed E-state index contributed by atoms with van der Waals surface area (Å²) in [6.07, 6.45) is 8.68. The molecular weight excluding hydrogens is 392 g/mol. The van der Waals surface area contributed by atoms with Crippen LogP contribution in [0.5, 0.6) is 5.75 Å². The minimum atomic E-state index is 0.0756. The monoisotopic (exact) mass is 420 g/mol. The van der Waals surface area contributed by atoms with Crippen LogP contribution in [0.2, 0.25) is 0 Å². The zero-order valence-corrected chi connectivity index (χ0v) is 18.5. The average molecular weight is 421 g/mol. The van der Waals surface area contributed by atoms with Crippen LogP contribution in [-0.4, -0.2) is 29.1 Å². The Bertz CT molecular complexity index is 942. The molecule has 4 nitrogen and oxygen atoms in total.